The van der Waals surface area contributed by atoms with E-state index in [0.717, 1.165) is 46.6 Å². The SMILES string of the molecule is CN1CCCC1C(=O)NCCn1ccc2ncnc(Nc3ccc(Oc4ccc5ccsc5c4)c(Cl)c3)c21.Cl.Cl. The van der Waals surface area contributed by atoms with Crippen molar-refractivity contribution in [3.8, 4) is 11.5 Å². The number of aromatic nitrogens is 3. The lowest BCUT2D eigenvalue weighted by molar-refractivity contribution is -0.125. The Morgan fingerprint density at radius 3 is 2.83 bits per heavy atom. The van der Waals surface area contributed by atoms with Crippen LogP contribution in [0.2, 0.25) is 5.02 Å². The van der Waals surface area contributed by atoms with Gasteiger partial charge in [0.15, 0.2) is 5.82 Å². The molecule has 4 heterocycles. The topological polar surface area (TPSA) is 84.3 Å². The van der Waals surface area contributed by atoms with E-state index in [1.807, 2.05) is 55.7 Å². The summed E-state index contributed by atoms with van der Waals surface area (Å²) in [4.78, 5) is 23.6. The Bertz CT molecular complexity index is 1620. The fraction of sp³-hybridized carbons (Fsp3) is 0.250. The van der Waals surface area contributed by atoms with Crippen molar-refractivity contribution in [2.45, 2.75) is 25.4 Å². The average molecular weight is 620 g/mol. The van der Waals surface area contributed by atoms with Crippen LogP contribution in [0.3, 0.4) is 0 Å². The van der Waals surface area contributed by atoms with E-state index >= 15 is 0 Å². The summed E-state index contributed by atoms with van der Waals surface area (Å²) < 4.78 is 9.27. The summed E-state index contributed by atoms with van der Waals surface area (Å²) in [6.07, 6.45) is 5.47. The highest BCUT2D eigenvalue weighted by molar-refractivity contribution is 7.17. The summed E-state index contributed by atoms with van der Waals surface area (Å²) in [5.74, 6) is 2.07. The summed E-state index contributed by atoms with van der Waals surface area (Å²) in [6, 6.07) is 15.6. The largest absolute Gasteiger partial charge is 0.456 e. The summed E-state index contributed by atoms with van der Waals surface area (Å²) >= 11 is 8.26. The fourth-order valence-corrected chi connectivity index (χ4v) is 5.93. The zero-order chi connectivity index (χ0) is 26.1. The first kappa shape index (κ1) is 29.9. The number of thiophene rings is 1. The molecule has 0 saturated carbocycles. The molecular formula is C28H29Cl3N6O2S. The molecule has 1 aliphatic heterocycles. The van der Waals surface area contributed by atoms with E-state index in [1.54, 1.807) is 11.3 Å². The molecule has 1 unspecified atom stereocenters. The van der Waals surface area contributed by atoms with Crippen LogP contribution in [0.15, 0.2) is 66.4 Å². The lowest BCUT2D eigenvalue weighted by atomic mass is 10.2. The van der Waals surface area contributed by atoms with Crippen LogP contribution in [0.4, 0.5) is 11.5 Å². The zero-order valence-corrected chi connectivity index (χ0v) is 24.9. The number of rotatable bonds is 8. The third-order valence-corrected chi connectivity index (χ3v) is 8.05. The number of hydrogen-bond acceptors (Lipinski definition) is 7. The number of fused-ring (bicyclic) bond motifs is 2. The van der Waals surface area contributed by atoms with Crippen LogP contribution in [0, 0.1) is 0 Å². The zero-order valence-electron chi connectivity index (χ0n) is 21.7. The highest BCUT2D eigenvalue weighted by Crippen LogP contribution is 2.35. The lowest BCUT2D eigenvalue weighted by Gasteiger charge is -2.19. The van der Waals surface area contributed by atoms with Gasteiger partial charge in [-0.3, -0.25) is 9.69 Å². The number of benzene rings is 2. The molecule has 1 amide bonds. The highest BCUT2D eigenvalue weighted by atomic mass is 35.5. The van der Waals surface area contributed by atoms with Crippen molar-refractivity contribution in [3.05, 3.63) is 71.5 Å². The van der Waals surface area contributed by atoms with Crippen LogP contribution in [0.1, 0.15) is 12.8 Å². The Labute approximate surface area is 253 Å². The normalized spacial score (nSPS) is 15.0. The van der Waals surface area contributed by atoms with Gasteiger partial charge in [-0.05, 0) is 85.7 Å². The van der Waals surface area contributed by atoms with Gasteiger partial charge >= 0.3 is 0 Å². The molecule has 3 aromatic heterocycles. The number of likely N-dealkylation sites (N-methyl/N-ethyl adjacent to an activating group) is 1. The Balaban J connectivity index is 0.00000185. The van der Waals surface area contributed by atoms with Gasteiger partial charge in [0.05, 0.1) is 16.6 Å². The van der Waals surface area contributed by atoms with Crippen molar-refractivity contribution in [2.24, 2.45) is 0 Å². The third-order valence-electron chi connectivity index (χ3n) is 6.88. The van der Waals surface area contributed by atoms with Gasteiger partial charge in [0, 0.05) is 29.7 Å². The van der Waals surface area contributed by atoms with Crippen LogP contribution in [-0.2, 0) is 11.3 Å². The second-order valence-electron chi connectivity index (χ2n) is 9.39. The molecule has 1 saturated heterocycles. The van der Waals surface area contributed by atoms with Crippen LogP contribution in [0.25, 0.3) is 21.1 Å². The lowest BCUT2D eigenvalue weighted by Crippen LogP contribution is -2.42. The fourth-order valence-electron chi connectivity index (χ4n) is 4.89. The van der Waals surface area contributed by atoms with E-state index < -0.39 is 0 Å². The van der Waals surface area contributed by atoms with Crippen molar-refractivity contribution >= 4 is 86.3 Å². The highest BCUT2D eigenvalue weighted by Gasteiger charge is 2.27. The molecule has 1 fully saturated rings. The number of anilines is 2. The van der Waals surface area contributed by atoms with Gasteiger partial charge in [-0.25, -0.2) is 9.97 Å². The Kier molecular flexibility index (Phi) is 9.76. The van der Waals surface area contributed by atoms with Gasteiger partial charge in [-0.15, -0.1) is 36.2 Å². The van der Waals surface area contributed by atoms with E-state index in [4.69, 9.17) is 16.3 Å². The van der Waals surface area contributed by atoms with Crippen LogP contribution < -0.4 is 15.4 Å². The number of carbonyl (C=O) groups excluding carboxylic acids is 1. The minimum atomic E-state index is -0.0349. The molecule has 1 aliphatic rings. The molecule has 0 bridgehead atoms. The van der Waals surface area contributed by atoms with E-state index in [2.05, 4.69) is 41.5 Å². The molecule has 0 radical (unpaired) electrons. The predicted octanol–water partition coefficient (Wildman–Crippen LogP) is 6.89. The number of hydrogen-bond donors (Lipinski definition) is 2. The summed E-state index contributed by atoms with van der Waals surface area (Å²) in [7, 11) is 2.00. The van der Waals surface area contributed by atoms with E-state index in [1.165, 1.54) is 11.7 Å². The first-order valence-corrected chi connectivity index (χ1v) is 13.8. The number of amides is 1. The molecule has 2 N–H and O–H groups in total. The van der Waals surface area contributed by atoms with Crippen molar-refractivity contribution < 1.29 is 9.53 Å². The molecule has 5 aromatic rings. The monoisotopic (exact) mass is 618 g/mol. The molecule has 210 valence electrons. The van der Waals surface area contributed by atoms with Gasteiger partial charge in [-0.2, -0.15) is 0 Å². The molecule has 40 heavy (non-hydrogen) atoms. The quantitative estimate of drug-likeness (QED) is 0.197. The van der Waals surface area contributed by atoms with E-state index in [-0.39, 0.29) is 36.8 Å². The second kappa shape index (κ2) is 13.1. The number of nitrogens with one attached hydrogen (secondary N) is 2. The van der Waals surface area contributed by atoms with E-state index in [9.17, 15) is 4.79 Å². The third kappa shape index (κ3) is 6.29. The molecule has 2 aromatic carbocycles. The number of halogens is 3. The molecule has 8 nitrogen and oxygen atoms in total. The minimum Gasteiger partial charge on any atom is -0.456 e. The standard InChI is InChI=1S/C28H27ClN6O2S.2ClH/c1-34-11-2-3-23(34)28(36)30-10-13-35-12-8-22-26(35)27(32-17-31-22)33-19-5-7-24(21(29)15-19)37-20-6-4-18-9-14-38-25(18)16-20;;/h4-9,12,14-17,23H,2-3,10-11,13H2,1H3,(H,30,36)(H,31,32,33);2*1H. The van der Waals surface area contributed by atoms with Crippen molar-refractivity contribution in [2.75, 3.05) is 25.5 Å². The van der Waals surface area contributed by atoms with Crippen LogP contribution in [-0.4, -0.2) is 51.5 Å². The Morgan fingerprint density at radius 2 is 2.02 bits per heavy atom. The van der Waals surface area contributed by atoms with Gasteiger partial charge in [0.25, 0.3) is 0 Å². The maximum absolute atomic E-state index is 12.6. The second-order valence-corrected chi connectivity index (χ2v) is 10.7. The molecule has 0 spiro atoms. The number of nitrogens with zero attached hydrogens (tertiary/aromatic N) is 4. The van der Waals surface area contributed by atoms with Crippen molar-refractivity contribution in [1.82, 2.24) is 24.8 Å². The maximum Gasteiger partial charge on any atom is 0.237 e. The number of likely N-dealkylation sites (tertiary alicyclic amines) is 1. The van der Waals surface area contributed by atoms with Crippen LogP contribution in [0.5, 0.6) is 11.5 Å². The maximum atomic E-state index is 12.6. The molecule has 6 rings (SSSR count). The summed E-state index contributed by atoms with van der Waals surface area (Å²) in [6.45, 7) is 2.10. The summed E-state index contributed by atoms with van der Waals surface area (Å²) in [5, 5.41) is 10.2. The number of carbonyl (C=O) groups is 1. The minimum absolute atomic E-state index is 0. The van der Waals surface area contributed by atoms with Gasteiger partial charge in [-0.1, -0.05) is 11.6 Å². The first-order chi connectivity index (χ1) is 18.5. The van der Waals surface area contributed by atoms with Crippen LogP contribution >= 0.6 is 47.8 Å². The predicted molar refractivity (Wildman–Crippen MR) is 167 cm³/mol. The van der Waals surface area contributed by atoms with Crippen molar-refractivity contribution in [3.63, 3.8) is 0 Å². The van der Waals surface area contributed by atoms with Gasteiger partial charge in [0.1, 0.15) is 23.3 Å². The Morgan fingerprint density at radius 1 is 1.15 bits per heavy atom. The summed E-state index contributed by atoms with van der Waals surface area (Å²) in [5.41, 5.74) is 2.46. The van der Waals surface area contributed by atoms with Gasteiger partial charge < -0.3 is 19.9 Å². The first-order valence-electron chi connectivity index (χ1n) is 12.5. The molecule has 12 heteroatoms. The molecular weight excluding hydrogens is 591 g/mol. The van der Waals surface area contributed by atoms with Gasteiger partial charge in [0.2, 0.25) is 5.91 Å². The molecule has 0 aliphatic carbocycles. The number of ether oxygens (including phenoxy) is 1. The van der Waals surface area contributed by atoms with E-state index in [0.29, 0.717) is 29.7 Å². The molecule has 1 atom stereocenters. The van der Waals surface area contributed by atoms with Crippen molar-refractivity contribution in [1.29, 1.82) is 0 Å². The smallest absolute Gasteiger partial charge is 0.237 e. The average Bonchev–Trinajstić information content (AvgIpc) is 3.66. The Hall–Kier alpha value is -3.08.